The number of hydrogen-bond acceptors (Lipinski definition) is 5. The van der Waals surface area contributed by atoms with Gasteiger partial charge in [0.2, 0.25) is 11.7 Å². The van der Waals surface area contributed by atoms with Gasteiger partial charge in [-0.15, -0.1) is 5.10 Å². The van der Waals surface area contributed by atoms with E-state index >= 15 is 0 Å². The standard InChI is InChI=1S/C23H30N4O4/c1-16-7-9-17(10-8-16)22(28)27(19-11-13-24-14-12-19)21-20(31-23(29)30)15-26(25-21)18-5-3-2-4-6-18/h2-6,15-17,19,24H,7-14H2,1H3,(H,29,30). The summed E-state index contributed by atoms with van der Waals surface area (Å²) in [5.74, 6) is 0.992. The Kier molecular flexibility index (Phi) is 6.56. The molecular weight excluding hydrogens is 396 g/mol. The van der Waals surface area contributed by atoms with Crippen LogP contribution in [0.3, 0.4) is 0 Å². The van der Waals surface area contributed by atoms with Gasteiger partial charge in [0.25, 0.3) is 0 Å². The van der Waals surface area contributed by atoms with Crippen LogP contribution in [0.2, 0.25) is 0 Å². The Morgan fingerprint density at radius 2 is 1.77 bits per heavy atom. The number of benzene rings is 1. The maximum Gasteiger partial charge on any atom is 0.511 e. The Balaban J connectivity index is 1.73. The molecule has 2 N–H and O–H groups in total. The van der Waals surface area contributed by atoms with Gasteiger partial charge >= 0.3 is 6.16 Å². The summed E-state index contributed by atoms with van der Waals surface area (Å²) in [6.45, 7) is 3.85. The van der Waals surface area contributed by atoms with Crippen molar-refractivity contribution in [2.75, 3.05) is 18.0 Å². The van der Waals surface area contributed by atoms with E-state index in [-0.39, 0.29) is 23.6 Å². The van der Waals surface area contributed by atoms with Gasteiger partial charge in [0.15, 0.2) is 5.75 Å². The fourth-order valence-corrected chi connectivity index (χ4v) is 4.62. The molecule has 8 heteroatoms. The zero-order valence-electron chi connectivity index (χ0n) is 17.9. The molecule has 1 saturated heterocycles. The second-order valence-corrected chi connectivity index (χ2v) is 8.61. The van der Waals surface area contributed by atoms with Crippen molar-refractivity contribution in [2.45, 2.75) is 51.5 Å². The maximum atomic E-state index is 13.7. The molecule has 2 fully saturated rings. The van der Waals surface area contributed by atoms with Gasteiger partial charge in [0.1, 0.15) is 0 Å². The Morgan fingerprint density at radius 3 is 2.42 bits per heavy atom. The molecule has 0 radical (unpaired) electrons. The minimum absolute atomic E-state index is 0.0346. The molecule has 1 saturated carbocycles. The summed E-state index contributed by atoms with van der Waals surface area (Å²) < 4.78 is 6.68. The summed E-state index contributed by atoms with van der Waals surface area (Å²) in [6, 6.07) is 9.38. The molecular formula is C23H30N4O4. The fraction of sp³-hybridized carbons (Fsp3) is 0.522. The lowest BCUT2D eigenvalue weighted by Crippen LogP contribution is -2.49. The number of amides is 1. The number of ether oxygens (including phenoxy) is 1. The number of para-hydroxylation sites is 1. The van der Waals surface area contributed by atoms with Crippen molar-refractivity contribution < 1.29 is 19.4 Å². The van der Waals surface area contributed by atoms with Crippen molar-refractivity contribution in [3.8, 4) is 11.4 Å². The van der Waals surface area contributed by atoms with Crippen LogP contribution in [0.5, 0.6) is 5.75 Å². The monoisotopic (exact) mass is 426 g/mol. The fourth-order valence-electron chi connectivity index (χ4n) is 4.62. The number of carbonyl (C=O) groups is 2. The molecule has 0 bridgehead atoms. The quantitative estimate of drug-likeness (QED) is 0.705. The van der Waals surface area contributed by atoms with Gasteiger partial charge in [0.05, 0.1) is 11.9 Å². The van der Waals surface area contributed by atoms with Gasteiger partial charge in [-0.05, 0) is 69.7 Å². The van der Waals surface area contributed by atoms with E-state index in [1.165, 1.54) is 0 Å². The number of nitrogens with zero attached hydrogens (tertiary/aromatic N) is 3. The van der Waals surface area contributed by atoms with Crippen molar-refractivity contribution in [2.24, 2.45) is 11.8 Å². The Bertz CT molecular complexity index is 900. The first-order chi connectivity index (χ1) is 15.0. The van der Waals surface area contributed by atoms with Crippen molar-refractivity contribution in [3.63, 3.8) is 0 Å². The van der Waals surface area contributed by atoms with Crippen LogP contribution < -0.4 is 15.0 Å². The highest BCUT2D eigenvalue weighted by molar-refractivity contribution is 5.96. The molecule has 0 atom stereocenters. The first kappa shape index (κ1) is 21.4. The Morgan fingerprint density at radius 1 is 1.10 bits per heavy atom. The number of hydrogen-bond donors (Lipinski definition) is 2. The van der Waals surface area contributed by atoms with Crippen molar-refractivity contribution in [3.05, 3.63) is 36.5 Å². The molecule has 0 spiro atoms. The zero-order chi connectivity index (χ0) is 21.8. The molecule has 1 aromatic carbocycles. The minimum Gasteiger partial charge on any atom is -0.449 e. The van der Waals surface area contributed by atoms with Gasteiger partial charge in [0, 0.05) is 12.0 Å². The summed E-state index contributed by atoms with van der Waals surface area (Å²) in [4.78, 5) is 26.9. The van der Waals surface area contributed by atoms with Crippen LogP contribution in [0.25, 0.3) is 5.69 Å². The molecule has 2 aromatic rings. The maximum absolute atomic E-state index is 13.7. The SMILES string of the molecule is CC1CCC(C(=O)N(c2nn(-c3ccccc3)cc2OC(=O)O)C2CCNCC2)CC1. The normalized spacial score (nSPS) is 22.1. The van der Waals surface area contributed by atoms with Gasteiger partial charge in [-0.25, -0.2) is 9.48 Å². The lowest BCUT2D eigenvalue weighted by atomic mass is 9.82. The highest BCUT2D eigenvalue weighted by Gasteiger charge is 2.37. The smallest absolute Gasteiger partial charge is 0.449 e. The highest BCUT2D eigenvalue weighted by atomic mass is 16.7. The molecule has 2 heterocycles. The molecule has 4 rings (SSSR count). The van der Waals surface area contributed by atoms with Crippen molar-refractivity contribution >= 4 is 17.9 Å². The predicted octanol–water partition coefficient (Wildman–Crippen LogP) is 3.84. The third-order valence-corrected chi connectivity index (χ3v) is 6.38. The Labute approximate surface area is 182 Å². The van der Waals surface area contributed by atoms with Gasteiger partial charge < -0.3 is 15.2 Å². The second kappa shape index (κ2) is 9.51. The van der Waals surface area contributed by atoms with Crippen LogP contribution in [0.15, 0.2) is 36.5 Å². The summed E-state index contributed by atoms with van der Waals surface area (Å²) in [5, 5.41) is 17.3. The van der Waals surface area contributed by atoms with Crippen molar-refractivity contribution in [1.82, 2.24) is 15.1 Å². The van der Waals surface area contributed by atoms with Crippen LogP contribution >= 0.6 is 0 Å². The lowest BCUT2D eigenvalue weighted by Gasteiger charge is -2.37. The summed E-state index contributed by atoms with van der Waals surface area (Å²) in [5.41, 5.74) is 0.771. The number of carbonyl (C=O) groups excluding carboxylic acids is 1. The number of aromatic nitrogens is 2. The average Bonchev–Trinajstić information content (AvgIpc) is 3.18. The molecule has 8 nitrogen and oxygen atoms in total. The van der Waals surface area contributed by atoms with E-state index in [1.54, 1.807) is 15.8 Å². The van der Waals surface area contributed by atoms with E-state index in [2.05, 4.69) is 17.3 Å². The highest BCUT2D eigenvalue weighted by Crippen LogP contribution is 2.36. The Hall–Kier alpha value is -2.87. The third kappa shape index (κ3) is 4.90. The van der Waals surface area contributed by atoms with Crippen molar-refractivity contribution in [1.29, 1.82) is 0 Å². The number of piperidine rings is 1. The molecule has 31 heavy (non-hydrogen) atoms. The van der Waals surface area contributed by atoms with Crippen LogP contribution in [0.1, 0.15) is 45.4 Å². The molecule has 166 valence electrons. The van der Waals surface area contributed by atoms with Crippen LogP contribution in [0, 0.1) is 11.8 Å². The average molecular weight is 427 g/mol. The van der Waals surface area contributed by atoms with Crippen LogP contribution in [-0.2, 0) is 4.79 Å². The molecule has 1 aliphatic heterocycles. The van der Waals surface area contributed by atoms with E-state index in [9.17, 15) is 14.7 Å². The molecule has 1 aliphatic carbocycles. The van der Waals surface area contributed by atoms with Gasteiger partial charge in [-0.1, -0.05) is 25.1 Å². The van der Waals surface area contributed by atoms with E-state index in [0.717, 1.165) is 57.3 Å². The number of rotatable bonds is 5. The second-order valence-electron chi connectivity index (χ2n) is 8.61. The first-order valence-electron chi connectivity index (χ1n) is 11.1. The van der Waals surface area contributed by atoms with E-state index < -0.39 is 6.16 Å². The van der Waals surface area contributed by atoms with E-state index in [1.807, 2.05) is 30.3 Å². The molecule has 0 unspecified atom stereocenters. The number of anilines is 1. The summed E-state index contributed by atoms with van der Waals surface area (Å²) >= 11 is 0. The topological polar surface area (TPSA) is 96.7 Å². The summed E-state index contributed by atoms with van der Waals surface area (Å²) in [6.07, 6.45) is 5.49. The van der Waals surface area contributed by atoms with Gasteiger partial charge in [-0.2, -0.15) is 0 Å². The van der Waals surface area contributed by atoms with Crippen LogP contribution in [0.4, 0.5) is 10.6 Å². The predicted molar refractivity (Wildman–Crippen MR) is 117 cm³/mol. The number of carboxylic acid groups (broad SMARTS) is 1. The largest absolute Gasteiger partial charge is 0.511 e. The zero-order valence-corrected chi connectivity index (χ0v) is 17.9. The van der Waals surface area contributed by atoms with Crippen LogP contribution in [-0.4, -0.2) is 46.1 Å². The molecule has 2 aliphatic rings. The summed E-state index contributed by atoms with van der Waals surface area (Å²) in [7, 11) is 0. The molecule has 1 aromatic heterocycles. The van der Waals surface area contributed by atoms with E-state index in [0.29, 0.717) is 11.7 Å². The first-order valence-corrected chi connectivity index (χ1v) is 11.1. The molecule has 1 amide bonds. The van der Waals surface area contributed by atoms with Gasteiger partial charge in [-0.3, -0.25) is 9.69 Å². The third-order valence-electron chi connectivity index (χ3n) is 6.38. The minimum atomic E-state index is -1.42. The van der Waals surface area contributed by atoms with E-state index in [4.69, 9.17) is 4.74 Å². The lowest BCUT2D eigenvalue weighted by molar-refractivity contribution is -0.124. The number of nitrogens with one attached hydrogen (secondary N) is 1.